The average Bonchev–Trinajstić information content (AvgIpc) is 3.60. The summed E-state index contributed by atoms with van der Waals surface area (Å²) in [4.78, 5) is 15.6. The number of aromatic nitrogens is 4. The van der Waals surface area contributed by atoms with Crippen molar-refractivity contribution >= 4 is 79.7 Å². The van der Waals surface area contributed by atoms with Gasteiger partial charge in [-0.2, -0.15) is 8.42 Å². The lowest BCUT2D eigenvalue weighted by Gasteiger charge is -2.11. The van der Waals surface area contributed by atoms with E-state index in [1.54, 1.807) is 6.08 Å². The van der Waals surface area contributed by atoms with Crippen LogP contribution in [0.5, 0.6) is 0 Å². The fourth-order valence-electron chi connectivity index (χ4n) is 4.23. The predicted octanol–water partition coefficient (Wildman–Crippen LogP) is 6.88. The maximum Gasteiger partial charge on any atom is 0.296 e. The SMILES string of the molecule is O=S(=O)(O)c1ccc(Cl)c(-c2c3nc(cc4ccc(cc5nc(cc6ccc2[nH]6)C=C5)[nH]4)C=C3)c1Cl. The number of benzene rings is 1. The van der Waals surface area contributed by atoms with Gasteiger partial charge < -0.3 is 9.97 Å². The summed E-state index contributed by atoms with van der Waals surface area (Å²) in [5, 5.41) is 0.00677. The van der Waals surface area contributed by atoms with Crippen molar-refractivity contribution in [2.75, 3.05) is 0 Å². The molecule has 0 radical (unpaired) electrons. The Bertz CT molecular complexity index is 1900. The first kappa shape index (κ1) is 22.8. The van der Waals surface area contributed by atoms with Gasteiger partial charge in [0.1, 0.15) is 4.90 Å². The largest absolute Gasteiger partial charge is 0.355 e. The monoisotopic (exact) mass is 534 g/mol. The van der Waals surface area contributed by atoms with Crippen molar-refractivity contribution < 1.29 is 13.0 Å². The Balaban J connectivity index is 1.76. The van der Waals surface area contributed by atoms with Crippen molar-refractivity contribution in [3.8, 4) is 11.1 Å². The number of nitrogens with one attached hydrogen (secondary N) is 2. The first-order valence-corrected chi connectivity index (χ1v) is 13.0. The standard InChI is InChI=1S/C26H16Cl2N4O3S/c27-20-7-10-23(36(33,34)35)26(28)24(20)25-21-8-5-18(31-21)12-16-3-1-14(29-16)11-15-2-4-17(30-15)13-19-6-9-22(25)32-19/h1-13,29,32H,(H,33,34,35). The molecule has 1 aromatic carbocycles. The average molecular weight is 535 g/mol. The zero-order valence-corrected chi connectivity index (χ0v) is 20.7. The Kier molecular flexibility index (Phi) is 5.35. The normalized spacial score (nSPS) is 12.9. The highest BCUT2D eigenvalue weighted by atomic mass is 35.5. The van der Waals surface area contributed by atoms with Crippen LogP contribution in [0.4, 0.5) is 0 Å². The lowest BCUT2D eigenvalue weighted by molar-refractivity contribution is 0.483. The van der Waals surface area contributed by atoms with Gasteiger partial charge in [-0.25, -0.2) is 9.97 Å². The molecular weight excluding hydrogens is 519 g/mol. The van der Waals surface area contributed by atoms with Crippen LogP contribution in [0.3, 0.4) is 0 Å². The molecule has 6 rings (SSSR count). The zero-order chi connectivity index (χ0) is 25.0. The number of H-pyrrole nitrogens is 2. The van der Waals surface area contributed by atoms with Crippen molar-refractivity contribution in [3.63, 3.8) is 0 Å². The van der Waals surface area contributed by atoms with E-state index in [1.807, 2.05) is 60.7 Å². The van der Waals surface area contributed by atoms with Crippen molar-refractivity contribution in [3.05, 3.63) is 87.4 Å². The number of rotatable bonds is 2. The van der Waals surface area contributed by atoms with E-state index in [0.29, 0.717) is 22.5 Å². The van der Waals surface area contributed by atoms with Gasteiger partial charge in [0, 0.05) is 33.2 Å². The number of fused-ring (bicyclic) bond motifs is 8. The van der Waals surface area contributed by atoms with Crippen molar-refractivity contribution in [2.24, 2.45) is 0 Å². The van der Waals surface area contributed by atoms with Gasteiger partial charge in [-0.1, -0.05) is 23.2 Å². The second-order valence-electron chi connectivity index (χ2n) is 8.26. The van der Waals surface area contributed by atoms with Crippen LogP contribution in [0.25, 0.3) is 57.5 Å². The van der Waals surface area contributed by atoms with E-state index in [9.17, 15) is 13.0 Å². The Labute approximate surface area is 215 Å². The third kappa shape index (κ3) is 4.14. The van der Waals surface area contributed by atoms with Crippen LogP contribution in [0.1, 0.15) is 22.8 Å². The van der Waals surface area contributed by atoms with Crippen molar-refractivity contribution in [2.45, 2.75) is 4.90 Å². The van der Waals surface area contributed by atoms with E-state index in [0.717, 1.165) is 27.9 Å². The van der Waals surface area contributed by atoms with Gasteiger partial charge >= 0.3 is 0 Å². The molecule has 0 aliphatic carbocycles. The Hall–Kier alpha value is -3.69. The van der Waals surface area contributed by atoms with Crippen LogP contribution in [0.2, 0.25) is 10.0 Å². The molecule has 3 N–H and O–H groups in total. The number of aromatic amines is 2. The molecule has 0 atom stereocenters. The van der Waals surface area contributed by atoms with E-state index in [-0.39, 0.29) is 15.6 Å². The second-order valence-corrected chi connectivity index (χ2v) is 10.4. The van der Waals surface area contributed by atoms with Gasteiger partial charge in [0.05, 0.1) is 32.8 Å². The fourth-order valence-corrected chi connectivity index (χ4v) is 5.65. The summed E-state index contributed by atoms with van der Waals surface area (Å²) in [5.74, 6) is 0. The molecule has 0 saturated heterocycles. The first-order chi connectivity index (χ1) is 17.2. The van der Waals surface area contributed by atoms with E-state index in [1.165, 1.54) is 12.1 Å². The lowest BCUT2D eigenvalue weighted by atomic mass is 10.0. The summed E-state index contributed by atoms with van der Waals surface area (Å²) in [7, 11) is -4.59. The number of hydrogen-bond acceptors (Lipinski definition) is 4. The molecule has 0 spiro atoms. The van der Waals surface area contributed by atoms with E-state index < -0.39 is 15.0 Å². The number of nitrogens with zero attached hydrogens (tertiary/aromatic N) is 2. The highest BCUT2D eigenvalue weighted by Crippen LogP contribution is 2.42. The van der Waals surface area contributed by atoms with Gasteiger partial charge in [-0.05, 0) is 78.9 Å². The molecular formula is C26H16Cl2N4O3S. The highest BCUT2D eigenvalue weighted by molar-refractivity contribution is 7.86. The minimum Gasteiger partial charge on any atom is -0.355 e. The van der Waals surface area contributed by atoms with Crippen molar-refractivity contribution in [1.29, 1.82) is 0 Å². The molecule has 36 heavy (non-hydrogen) atoms. The molecule has 5 heterocycles. The van der Waals surface area contributed by atoms with E-state index in [2.05, 4.69) is 15.0 Å². The minimum absolute atomic E-state index is 0.199. The molecule has 8 bridgehead atoms. The van der Waals surface area contributed by atoms with Crippen LogP contribution < -0.4 is 0 Å². The highest BCUT2D eigenvalue weighted by Gasteiger charge is 2.23. The minimum atomic E-state index is -4.59. The van der Waals surface area contributed by atoms with Crippen LogP contribution in [0.15, 0.2) is 59.5 Å². The Morgan fingerprint density at radius 3 is 1.94 bits per heavy atom. The summed E-state index contributed by atoms with van der Waals surface area (Å²) in [6.07, 6.45) is 7.49. The lowest BCUT2D eigenvalue weighted by Crippen LogP contribution is -2.01. The van der Waals surface area contributed by atoms with Crippen LogP contribution in [-0.4, -0.2) is 32.9 Å². The van der Waals surface area contributed by atoms with Crippen LogP contribution in [0, 0.1) is 0 Å². The maximum absolute atomic E-state index is 12.0. The molecule has 0 unspecified atom stereocenters. The Morgan fingerprint density at radius 1 is 0.694 bits per heavy atom. The molecule has 0 fully saturated rings. The van der Waals surface area contributed by atoms with Crippen LogP contribution >= 0.6 is 23.2 Å². The summed E-state index contributed by atoms with van der Waals surface area (Å²) in [5.41, 5.74) is 6.61. The molecule has 4 aromatic rings. The summed E-state index contributed by atoms with van der Waals surface area (Å²) < 4.78 is 33.7. The molecule has 178 valence electrons. The van der Waals surface area contributed by atoms with Gasteiger partial charge in [-0.15, -0.1) is 0 Å². The zero-order valence-electron chi connectivity index (χ0n) is 18.3. The molecule has 10 heteroatoms. The smallest absolute Gasteiger partial charge is 0.296 e. The van der Waals surface area contributed by atoms with Gasteiger partial charge in [0.15, 0.2) is 0 Å². The molecule has 0 amide bonds. The molecule has 2 aliphatic heterocycles. The summed E-state index contributed by atoms with van der Waals surface area (Å²) in [6.45, 7) is 0. The summed E-state index contributed by atoms with van der Waals surface area (Å²) >= 11 is 13.1. The molecule has 7 nitrogen and oxygen atoms in total. The maximum atomic E-state index is 12.0. The first-order valence-electron chi connectivity index (χ1n) is 10.8. The summed E-state index contributed by atoms with van der Waals surface area (Å²) in [6, 6.07) is 15.9. The van der Waals surface area contributed by atoms with E-state index >= 15 is 0 Å². The second kappa shape index (κ2) is 8.46. The number of halogens is 2. The molecule has 2 aliphatic rings. The number of hydrogen-bond donors (Lipinski definition) is 3. The van der Waals surface area contributed by atoms with Crippen LogP contribution in [-0.2, 0) is 10.1 Å². The van der Waals surface area contributed by atoms with E-state index in [4.69, 9.17) is 28.2 Å². The predicted molar refractivity (Wildman–Crippen MR) is 144 cm³/mol. The van der Waals surface area contributed by atoms with Gasteiger partial charge in [0.25, 0.3) is 10.1 Å². The third-order valence-electron chi connectivity index (χ3n) is 5.80. The molecule has 3 aromatic heterocycles. The van der Waals surface area contributed by atoms with Crippen molar-refractivity contribution in [1.82, 2.24) is 19.9 Å². The van der Waals surface area contributed by atoms with Gasteiger partial charge in [-0.3, -0.25) is 4.55 Å². The quantitative estimate of drug-likeness (QED) is 0.209. The topological polar surface area (TPSA) is 112 Å². The third-order valence-corrected chi connectivity index (χ3v) is 7.52. The van der Waals surface area contributed by atoms with Gasteiger partial charge in [0.2, 0.25) is 0 Å². The Morgan fingerprint density at radius 2 is 1.28 bits per heavy atom. The fraction of sp³-hybridized carbons (Fsp3) is 0. The molecule has 0 saturated carbocycles.